The summed E-state index contributed by atoms with van der Waals surface area (Å²) in [6.45, 7) is 0. The lowest BCUT2D eigenvalue weighted by molar-refractivity contribution is 0.592. The van der Waals surface area contributed by atoms with Crippen LogP contribution in [0.4, 0.5) is 0 Å². The molecule has 6 aromatic heterocycles. The van der Waals surface area contributed by atoms with Crippen LogP contribution < -0.4 is 47.7 Å². The zero-order valence-corrected chi connectivity index (χ0v) is 65.8. The predicted molar refractivity (Wildman–Crippen MR) is 494 cm³/mol. The van der Waals surface area contributed by atoms with E-state index in [4.69, 9.17) is 15.0 Å². The summed E-state index contributed by atoms with van der Waals surface area (Å²) in [5.41, 5.74) is 12.1. The van der Waals surface area contributed by atoms with E-state index >= 15 is 13.7 Å². The third-order valence-electron chi connectivity index (χ3n) is 23.5. The standard InChI is InChI=1S/3C35H23N2OP/c38-39(24-12-3-1-4-13-24,25-14-5-2-6-15-25)33-21-11-17-28-27(33)22-23-29-26-16-7-9-19-31(26)37-32-20-10-8-18-30(32)36-35(37)34(28)29;38-39(25-14-3-1-4-15-25,26-16-5-2-6-17-26)32-23-24-13-7-8-18-27(24)34-33(32)28-19-9-11-21-30(28)37-31-22-12-10-20-29(31)36-35(34)37;38-39(24-13-3-1-4-14-24,25-15-5-2-6-16-25)33-23-29-26-17-9-11-21-31(26)37-32-22-12-10-20-30(32)36-35(37)34(29)28-19-8-7-18-27(28)33/h3*1-23H. The first kappa shape index (κ1) is 69.5. The van der Waals surface area contributed by atoms with E-state index in [1.807, 2.05) is 224 Å². The SMILES string of the molecule is O=P(c1ccccc1)(c1ccccc1)c1cc2c3ccccc3n3c4ccccc4nc3c2c2ccccc12.O=P(c1ccccc1)(c1ccccc1)c1cc2ccccc2c2c1c1ccccc1n1c3ccccc3nc21.O=P(c1ccccc1)(c1ccccc1)c1cccc2c1ccc1c3ccccc3n3c4ccccc4nc3c21. The van der Waals surface area contributed by atoms with Crippen LogP contribution in [0.25, 0.3) is 147 Å². The van der Waals surface area contributed by atoms with Gasteiger partial charge in [-0.2, -0.15) is 0 Å². The van der Waals surface area contributed by atoms with Gasteiger partial charge >= 0.3 is 0 Å². The van der Waals surface area contributed by atoms with Crippen molar-refractivity contribution in [2.45, 2.75) is 0 Å². The second kappa shape index (κ2) is 27.8. The molecule has 0 amide bonds. The fraction of sp³-hybridized carbons (Fsp3) is 0. The molecule has 12 heteroatoms. The first-order valence-electron chi connectivity index (χ1n) is 39.3. The number of hydrogen-bond acceptors (Lipinski definition) is 6. The highest BCUT2D eigenvalue weighted by atomic mass is 31.2. The molecule has 9 nitrogen and oxygen atoms in total. The average molecular weight is 1560 g/mol. The van der Waals surface area contributed by atoms with Crippen LogP contribution in [0.5, 0.6) is 0 Å². The molecule has 0 atom stereocenters. The van der Waals surface area contributed by atoms with E-state index in [0.717, 1.165) is 190 Å². The third kappa shape index (κ3) is 10.8. The third-order valence-corrected chi connectivity index (χ3v) is 32.8. The molecule has 24 rings (SSSR count). The highest BCUT2D eigenvalue weighted by molar-refractivity contribution is 7.86. The number of hydrogen-bond donors (Lipinski definition) is 0. The van der Waals surface area contributed by atoms with E-state index in [-0.39, 0.29) is 0 Å². The molecule has 0 bridgehead atoms. The molecule has 24 aromatic rings. The number of nitrogens with zero attached hydrogens (tertiary/aromatic N) is 6. The van der Waals surface area contributed by atoms with E-state index in [0.29, 0.717) is 0 Å². The maximum atomic E-state index is 15.8. The Labute approximate surface area is 672 Å². The van der Waals surface area contributed by atoms with Crippen molar-refractivity contribution < 1.29 is 13.7 Å². The fourth-order valence-electron chi connectivity index (χ4n) is 18.3. The first-order chi connectivity index (χ1) is 57.7. The Morgan fingerprint density at radius 1 is 0.179 bits per heavy atom. The van der Waals surface area contributed by atoms with Crippen LogP contribution in [0, 0.1) is 0 Å². The highest BCUT2D eigenvalue weighted by Crippen LogP contribution is 2.51. The van der Waals surface area contributed by atoms with Gasteiger partial charge in [-0.15, -0.1) is 0 Å². The van der Waals surface area contributed by atoms with Gasteiger partial charge in [-0.05, 0) is 110 Å². The molecular formula is C105H69N6O3P3. The summed E-state index contributed by atoms with van der Waals surface area (Å²) in [4.78, 5) is 15.5. The summed E-state index contributed by atoms with van der Waals surface area (Å²) in [5.74, 6) is 0. The maximum absolute atomic E-state index is 15.8. The Morgan fingerprint density at radius 2 is 0.462 bits per heavy atom. The second-order valence-corrected chi connectivity index (χ2v) is 38.0. The lowest BCUT2D eigenvalue weighted by Gasteiger charge is -2.24. The van der Waals surface area contributed by atoms with E-state index in [2.05, 4.69) is 207 Å². The minimum atomic E-state index is -3.28. The lowest BCUT2D eigenvalue weighted by atomic mass is 9.99. The summed E-state index contributed by atoms with van der Waals surface area (Å²) in [6.07, 6.45) is 0. The molecule has 0 aliphatic rings. The minimum Gasteiger partial charge on any atom is -0.309 e. The van der Waals surface area contributed by atoms with Crippen molar-refractivity contribution in [2.75, 3.05) is 0 Å². The molecule has 0 saturated carbocycles. The van der Waals surface area contributed by atoms with Crippen LogP contribution in [0.1, 0.15) is 0 Å². The number of para-hydroxylation sites is 9. The van der Waals surface area contributed by atoms with Crippen molar-refractivity contribution in [3.05, 3.63) is 419 Å². The Bertz CT molecular complexity index is 8080. The zero-order valence-electron chi connectivity index (χ0n) is 63.1. The van der Waals surface area contributed by atoms with Crippen LogP contribution in [0.2, 0.25) is 0 Å². The molecule has 0 aliphatic heterocycles. The molecule has 6 heterocycles. The molecule has 117 heavy (non-hydrogen) atoms. The van der Waals surface area contributed by atoms with Crippen LogP contribution in [0.15, 0.2) is 419 Å². The van der Waals surface area contributed by atoms with Crippen LogP contribution in [0.3, 0.4) is 0 Å². The summed E-state index contributed by atoms with van der Waals surface area (Å²) in [5, 5.41) is 23.5. The lowest BCUT2D eigenvalue weighted by Crippen LogP contribution is -2.26. The van der Waals surface area contributed by atoms with Gasteiger partial charge in [0.15, 0.2) is 21.4 Å². The molecular weight excluding hydrogens is 1490 g/mol. The zero-order chi connectivity index (χ0) is 77.9. The van der Waals surface area contributed by atoms with Gasteiger partial charge in [0.1, 0.15) is 16.9 Å². The Balaban J connectivity index is 0.000000106. The summed E-state index contributed by atoms with van der Waals surface area (Å²) in [6, 6.07) is 141. The van der Waals surface area contributed by atoms with Crippen molar-refractivity contribution in [3.8, 4) is 0 Å². The van der Waals surface area contributed by atoms with Gasteiger partial charge < -0.3 is 13.7 Å². The first-order valence-corrected chi connectivity index (χ1v) is 44.4. The van der Waals surface area contributed by atoms with Crippen LogP contribution in [-0.4, -0.2) is 28.2 Å². The molecule has 0 radical (unpaired) electrons. The topological polar surface area (TPSA) is 103 Å². The van der Waals surface area contributed by atoms with Gasteiger partial charge in [-0.1, -0.05) is 352 Å². The van der Waals surface area contributed by atoms with Crippen LogP contribution >= 0.6 is 21.4 Å². The fourth-order valence-corrected chi connectivity index (χ4v) is 27.0. The molecule has 18 aromatic carbocycles. The average Bonchev–Trinajstić information content (AvgIpc) is 1.68. The highest BCUT2D eigenvalue weighted by Gasteiger charge is 2.37. The van der Waals surface area contributed by atoms with Gasteiger partial charge in [-0.3, -0.25) is 13.2 Å². The van der Waals surface area contributed by atoms with E-state index in [1.54, 1.807) is 0 Å². The van der Waals surface area contributed by atoms with Crippen molar-refractivity contribution in [3.63, 3.8) is 0 Å². The molecule has 0 saturated heterocycles. The van der Waals surface area contributed by atoms with Gasteiger partial charge in [0.25, 0.3) is 0 Å². The molecule has 0 fully saturated rings. The Morgan fingerprint density at radius 3 is 0.906 bits per heavy atom. The molecule has 0 N–H and O–H groups in total. The van der Waals surface area contributed by atoms with E-state index < -0.39 is 21.4 Å². The predicted octanol–water partition coefficient (Wildman–Crippen LogP) is 22.8. The Hall–Kier alpha value is -14.2. The summed E-state index contributed by atoms with van der Waals surface area (Å²) >= 11 is 0. The molecule has 0 unspecified atom stereocenters. The molecule has 552 valence electrons. The van der Waals surface area contributed by atoms with Crippen molar-refractivity contribution in [1.82, 2.24) is 28.2 Å². The van der Waals surface area contributed by atoms with E-state index in [9.17, 15) is 0 Å². The molecule has 0 aliphatic carbocycles. The number of pyridine rings is 3. The van der Waals surface area contributed by atoms with Crippen molar-refractivity contribution in [2.24, 2.45) is 0 Å². The monoisotopic (exact) mass is 1550 g/mol. The van der Waals surface area contributed by atoms with Crippen LogP contribution in [-0.2, 0) is 13.7 Å². The summed E-state index contributed by atoms with van der Waals surface area (Å²) in [7, 11) is -9.66. The minimum absolute atomic E-state index is 0.824. The number of benzene rings is 18. The van der Waals surface area contributed by atoms with Crippen molar-refractivity contribution >= 4 is 217 Å². The quantitative estimate of drug-likeness (QED) is 0.105. The summed E-state index contributed by atoms with van der Waals surface area (Å²) < 4.78 is 53.6. The van der Waals surface area contributed by atoms with Crippen molar-refractivity contribution in [1.29, 1.82) is 0 Å². The number of imidazole rings is 3. The normalized spacial score (nSPS) is 12.2. The Kier molecular flexibility index (Phi) is 16.6. The van der Waals surface area contributed by atoms with Gasteiger partial charge in [-0.25, -0.2) is 15.0 Å². The van der Waals surface area contributed by atoms with Gasteiger partial charge in [0.2, 0.25) is 0 Å². The number of fused-ring (bicyclic) bond motifs is 30. The van der Waals surface area contributed by atoms with E-state index in [1.165, 1.54) is 5.39 Å². The van der Waals surface area contributed by atoms with Gasteiger partial charge in [0, 0.05) is 85.4 Å². The smallest absolute Gasteiger partial charge is 0.171 e. The largest absolute Gasteiger partial charge is 0.309 e. The second-order valence-electron chi connectivity index (χ2n) is 29.8. The van der Waals surface area contributed by atoms with Gasteiger partial charge in [0.05, 0.1) is 49.7 Å². The maximum Gasteiger partial charge on any atom is 0.171 e. The number of rotatable bonds is 9. The molecule has 0 spiro atoms. The number of aromatic nitrogens is 6.